The highest BCUT2D eigenvalue weighted by Crippen LogP contribution is 2.22. The molecule has 6 nitrogen and oxygen atoms in total. The average Bonchev–Trinajstić information content (AvgIpc) is 2.76. The number of benzene rings is 1. The lowest BCUT2D eigenvalue weighted by molar-refractivity contribution is 0.0602. The zero-order valence-corrected chi connectivity index (χ0v) is 16.7. The second-order valence-corrected chi connectivity index (χ2v) is 6.94. The zero-order valence-electron chi connectivity index (χ0n) is 16.7. The molecule has 2 aromatic rings. The third-order valence-corrected chi connectivity index (χ3v) is 5.10. The molecule has 1 amide bonds. The van der Waals surface area contributed by atoms with Crippen LogP contribution in [-0.4, -0.2) is 48.6 Å². The summed E-state index contributed by atoms with van der Waals surface area (Å²) in [6.07, 6.45) is 6.04. The minimum Gasteiger partial charge on any atom is -0.497 e. The first-order valence-electron chi connectivity index (χ1n) is 9.99. The Balaban J connectivity index is 1.52. The Bertz CT molecular complexity index is 764. The molecule has 0 spiro atoms. The summed E-state index contributed by atoms with van der Waals surface area (Å²) >= 11 is 0. The number of hydrogen-bond donors (Lipinski definition) is 1. The van der Waals surface area contributed by atoms with E-state index in [2.05, 4.69) is 17.2 Å². The van der Waals surface area contributed by atoms with E-state index in [1.54, 1.807) is 13.3 Å². The van der Waals surface area contributed by atoms with Gasteiger partial charge >= 0.3 is 0 Å². The molecule has 0 saturated carbocycles. The fourth-order valence-electron chi connectivity index (χ4n) is 3.53. The molecule has 6 heteroatoms. The summed E-state index contributed by atoms with van der Waals surface area (Å²) < 4.78 is 10.9. The van der Waals surface area contributed by atoms with Gasteiger partial charge in [-0.3, -0.25) is 9.78 Å². The molecular weight excluding hydrogens is 354 g/mol. The van der Waals surface area contributed by atoms with Crippen molar-refractivity contribution < 1.29 is 14.3 Å². The summed E-state index contributed by atoms with van der Waals surface area (Å²) in [6.45, 7) is 4.11. The van der Waals surface area contributed by atoms with Crippen molar-refractivity contribution in [1.82, 2.24) is 9.88 Å². The van der Waals surface area contributed by atoms with Crippen LogP contribution >= 0.6 is 0 Å². The molecule has 28 heavy (non-hydrogen) atoms. The van der Waals surface area contributed by atoms with Gasteiger partial charge in [-0.1, -0.05) is 6.92 Å². The van der Waals surface area contributed by atoms with Crippen molar-refractivity contribution in [1.29, 1.82) is 0 Å². The number of amides is 1. The monoisotopic (exact) mass is 383 g/mol. The van der Waals surface area contributed by atoms with Crippen molar-refractivity contribution >= 4 is 11.6 Å². The molecule has 3 rings (SSSR count). The first-order chi connectivity index (χ1) is 13.7. The molecular formula is C22H29N3O3. The van der Waals surface area contributed by atoms with Gasteiger partial charge in [0, 0.05) is 31.0 Å². The molecule has 0 bridgehead atoms. The number of carbonyl (C=O) groups excluding carboxylic acids is 1. The number of rotatable bonds is 8. The number of methoxy groups -OCH3 is 1. The maximum Gasteiger partial charge on any atom is 0.272 e. The van der Waals surface area contributed by atoms with Crippen molar-refractivity contribution in [2.45, 2.75) is 38.6 Å². The van der Waals surface area contributed by atoms with Gasteiger partial charge in [0.1, 0.15) is 23.8 Å². The molecule has 2 heterocycles. The Morgan fingerprint density at radius 3 is 2.75 bits per heavy atom. The Kier molecular flexibility index (Phi) is 7.12. The Hall–Kier alpha value is -2.76. The molecule has 1 aromatic carbocycles. The van der Waals surface area contributed by atoms with Gasteiger partial charge in [-0.2, -0.15) is 0 Å². The predicted molar refractivity (Wildman–Crippen MR) is 110 cm³/mol. The van der Waals surface area contributed by atoms with E-state index < -0.39 is 0 Å². The fraction of sp³-hybridized carbons (Fsp3) is 0.455. The number of carbonyl (C=O) groups is 1. The highest BCUT2D eigenvalue weighted by Gasteiger charge is 2.26. The lowest BCUT2D eigenvalue weighted by Gasteiger charge is -2.35. The molecule has 1 aliphatic heterocycles. The van der Waals surface area contributed by atoms with E-state index in [4.69, 9.17) is 9.47 Å². The smallest absolute Gasteiger partial charge is 0.272 e. The summed E-state index contributed by atoms with van der Waals surface area (Å²) in [4.78, 5) is 19.2. The van der Waals surface area contributed by atoms with E-state index in [-0.39, 0.29) is 5.91 Å². The van der Waals surface area contributed by atoms with Crippen LogP contribution in [0.1, 0.15) is 43.1 Å². The van der Waals surface area contributed by atoms with Crippen LogP contribution in [0.5, 0.6) is 11.5 Å². The highest BCUT2D eigenvalue weighted by atomic mass is 16.5. The van der Waals surface area contributed by atoms with Crippen LogP contribution in [0.3, 0.4) is 0 Å². The van der Waals surface area contributed by atoms with Gasteiger partial charge in [-0.15, -0.1) is 0 Å². The molecule has 0 aliphatic carbocycles. The van der Waals surface area contributed by atoms with Crippen LogP contribution in [0.15, 0.2) is 42.6 Å². The van der Waals surface area contributed by atoms with Gasteiger partial charge in [0.25, 0.3) is 5.91 Å². The molecule has 1 atom stereocenters. The molecule has 1 N–H and O–H groups in total. The van der Waals surface area contributed by atoms with E-state index in [0.717, 1.165) is 43.0 Å². The number of piperidine rings is 1. The van der Waals surface area contributed by atoms with Gasteiger partial charge in [0.05, 0.1) is 7.11 Å². The third-order valence-electron chi connectivity index (χ3n) is 5.10. The quantitative estimate of drug-likeness (QED) is 0.699. The van der Waals surface area contributed by atoms with Gasteiger partial charge in [0.15, 0.2) is 0 Å². The molecule has 1 fully saturated rings. The molecule has 1 aromatic heterocycles. The topological polar surface area (TPSA) is 63.7 Å². The number of hydrogen-bond acceptors (Lipinski definition) is 5. The van der Waals surface area contributed by atoms with Crippen molar-refractivity contribution in [2.75, 3.05) is 32.1 Å². The molecule has 1 unspecified atom stereocenters. The number of ether oxygens (including phenoxy) is 2. The second kappa shape index (κ2) is 9.97. The van der Waals surface area contributed by atoms with Crippen molar-refractivity contribution in [3.8, 4) is 11.5 Å². The maximum atomic E-state index is 12.9. The largest absolute Gasteiger partial charge is 0.497 e. The number of nitrogens with one attached hydrogen (secondary N) is 1. The fourth-order valence-corrected chi connectivity index (χ4v) is 3.53. The normalized spacial score (nSPS) is 16.5. The van der Waals surface area contributed by atoms with Gasteiger partial charge < -0.3 is 19.7 Å². The van der Waals surface area contributed by atoms with E-state index >= 15 is 0 Å². The second-order valence-electron chi connectivity index (χ2n) is 6.94. The lowest BCUT2D eigenvalue weighted by Crippen LogP contribution is -2.43. The number of pyridine rings is 1. The maximum absolute atomic E-state index is 12.9. The number of aromatic nitrogens is 1. The first kappa shape index (κ1) is 20.0. The predicted octanol–water partition coefficient (Wildman–Crippen LogP) is 3.99. The molecule has 0 radical (unpaired) electrons. The molecule has 1 saturated heterocycles. The average molecular weight is 383 g/mol. The first-order valence-corrected chi connectivity index (χ1v) is 9.99. The summed E-state index contributed by atoms with van der Waals surface area (Å²) in [6, 6.07) is 11.5. The van der Waals surface area contributed by atoms with Gasteiger partial charge in [-0.25, -0.2) is 0 Å². The van der Waals surface area contributed by atoms with Crippen LogP contribution in [0.25, 0.3) is 0 Å². The standard InChI is InChI=1S/C22H29N3O3/c1-3-18-6-4-5-14-25(18)22(26)21-16-17(11-12-24-21)23-13-15-28-20-9-7-19(27-2)8-10-20/h7-12,16,18H,3-6,13-15H2,1-2H3,(H,23,24). The summed E-state index contributed by atoms with van der Waals surface area (Å²) in [5, 5.41) is 3.30. The lowest BCUT2D eigenvalue weighted by atomic mass is 9.99. The van der Waals surface area contributed by atoms with Crippen molar-refractivity contribution in [2.24, 2.45) is 0 Å². The number of anilines is 1. The number of nitrogens with zero attached hydrogens (tertiary/aromatic N) is 2. The van der Waals surface area contributed by atoms with Crippen LogP contribution in [0.2, 0.25) is 0 Å². The summed E-state index contributed by atoms with van der Waals surface area (Å²) in [5.41, 5.74) is 1.38. The van der Waals surface area contributed by atoms with Crippen molar-refractivity contribution in [3.63, 3.8) is 0 Å². The minimum absolute atomic E-state index is 0.0321. The van der Waals surface area contributed by atoms with Crippen LogP contribution in [-0.2, 0) is 0 Å². The molecule has 1 aliphatic rings. The third kappa shape index (κ3) is 5.15. The Labute approximate surface area is 166 Å². The molecule has 150 valence electrons. The Morgan fingerprint density at radius 2 is 2.00 bits per heavy atom. The van der Waals surface area contributed by atoms with Gasteiger partial charge in [-0.05, 0) is 62.1 Å². The SMILES string of the molecule is CCC1CCCCN1C(=O)c1cc(NCCOc2ccc(OC)cc2)ccn1. The minimum atomic E-state index is 0.0321. The van der Waals surface area contributed by atoms with Crippen LogP contribution in [0.4, 0.5) is 5.69 Å². The van der Waals surface area contributed by atoms with Crippen molar-refractivity contribution in [3.05, 3.63) is 48.3 Å². The van der Waals surface area contributed by atoms with Crippen LogP contribution in [0, 0.1) is 0 Å². The zero-order chi connectivity index (χ0) is 19.8. The van der Waals surface area contributed by atoms with E-state index in [0.29, 0.717) is 24.9 Å². The summed E-state index contributed by atoms with van der Waals surface area (Å²) in [7, 11) is 1.64. The Morgan fingerprint density at radius 1 is 1.21 bits per heavy atom. The van der Waals surface area contributed by atoms with Crippen LogP contribution < -0.4 is 14.8 Å². The highest BCUT2D eigenvalue weighted by molar-refractivity contribution is 5.93. The van der Waals surface area contributed by atoms with E-state index in [9.17, 15) is 4.79 Å². The number of likely N-dealkylation sites (tertiary alicyclic amines) is 1. The summed E-state index contributed by atoms with van der Waals surface area (Å²) in [5.74, 6) is 1.63. The van der Waals surface area contributed by atoms with E-state index in [1.807, 2.05) is 41.3 Å². The van der Waals surface area contributed by atoms with E-state index in [1.165, 1.54) is 6.42 Å². The van der Waals surface area contributed by atoms with Gasteiger partial charge in [0.2, 0.25) is 0 Å².